The number of amides is 1. The highest BCUT2D eigenvalue weighted by molar-refractivity contribution is 5.81. The van der Waals surface area contributed by atoms with E-state index in [0.717, 1.165) is 73.1 Å². The predicted molar refractivity (Wildman–Crippen MR) is 131 cm³/mol. The number of carbonyl (C=O) groups is 1. The van der Waals surface area contributed by atoms with Crippen molar-refractivity contribution in [3.05, 3.63) is 60.2 Å². The molecule has 1 aliphatic carbocycles. The quantitative estimate of drug-likeness (QED) is 0.548. The highest BCUT2D eigenvalue weighted by Gasteiger charge is 2.46. The van der Waals surface area contributed by atoms with E-state index in [1.54, 1.807) is 6.08 Å². The van der Waals surface area contributed by atoms with Crippen LogP contribution in [0.25, 0.3) is 17.2 Å². The molecule has 5 rings (SSSR count). The lowest BCUT2D eigenvalue weighted by Crippen LogP contribution is -2.50. The van der Waals surface area contributed by atoms with Gasteiger partial charge in [0.1, 0.15) is 0 Å². The molecule has 2 aliphatic heterocycles. The van der Waals surface area contributed by atoms with Crippen LogP contribution in [0.15, 0.2) is 54.0 Å². The number of ether oxygens (including phenoxy) is 2. The zero-order chi connectivity index (χ0) is 22.8. The van der Waals surface area contributed by atoms with Gasteiger partial charge in [-0.3, -0.25) is 9.79 Å². The molecule has 1 amide bonds. The van der Waals surface area contributed by atoms with Gasteiger partial charge in [-0.25, -0.2) is 0 Å². The van der Waals surface area contributed by atoms with Gasteiger partial charge in [-0.2, -0.15) is 0 Å². The molecule has 2 aromatic carbocycles. The van der Waals surface area contributed by atoms with Crippen LogP contribution >= 0.6 is 0 Å². The van der Waals surface area contributed by atoms with E-state index in [0.29, 0.717) is 19.1 Å². The lowest BCUT2D eigenvalue weighted by atomic mass is 9.82. The van der Waals surface area contributed by atoms with Crippen LogP contribution in [0.2, 0.25) is 0 Å². The summed E-state index contributed by atoms with van der Waals surface area (Å²) in [5.74, 6) is 0.123. The van der Waals surface area contributed by atoms with Crippen LogP contribution < -0.4 is 0 Å². The summed E-state index contributed by atoms with van der Waals surface area (Å²) in [6, 6.07) is 14.6. The highest BCUT2D eigenvalue weighted by atomic mass is 16.7. The van der Waals surface area contributed by atoms with Crippen LogP contribution in [-0.4, -0.2) is 43.8 Å². The Hall–Kier alpha value is -2.76. The van der Waals surface area contributed by atoms with Crippen molar-refractivity contribution in [1.82, 2.24) is 4.90 Å². The molecule has 0 unspecified atom stereocenters. The number of benzene rings is 2. The van der Waals surface area contributed by atoms with Crippen molar-refractivity contribution in [2.24, 2.45) is 16.8 Å². The van der Waals surface area contributed by atoms with E-state index in [-0.39, 0.29) is 11.8 Å². The number of aliphatic imine (C=N–C) groups is 1. The van der Waals surface area contributed by atoms with Crippen LogP contribution in [0.3, 0.4) is 0 Å². The normalized spacial score (nSPS) is 20.9. The van der Waals surface area contributed by atoms with E-state index < -0.39 is 5.79 Å². The van der Waals surface area contributed by atoms with Gasteiger partial charge in [0.25, 0.3) is 0 Å². The summed E-state index contributed by atoms with van der Waals surface area (Å²) in [5.41, 5.74) is 5.05. The molecule has 3 aliphatic rings. The summed E-state index contributed by atoms with van der Waals surface area (Å²) in [5, 5.41) is 0. The third-order valence-electron chi connectivity index (χ3n) is 7.23. The van der Waals surface area contributed by atoms with E-state index in [2.05, 4.69) is 48.6 Å². The van der Waals surface area contributed by atoms with Crippen molar-refractivity contribution < 1.29 is 14.3 Å². The monoisotopic (exact) mass is 444 g/mol. The second-order valence-electron chi connectivity index (χ2n) is 9.30. The molecule has 5 heteroatoms. The summed E-state index contributed by atoms with van der Waals surface area (Å²) in [4.78, 5) is 18.7. The largest absolute Gasteiger partial charge is 0.346 e. The number of piperidine rings is 1. The zero-order valence-electron chi connectivity index (χ0n) is 19.2. The predicted octanol–water partition coefficient (Wildman–Crippen LogP) is 5.57. The molecular weight excluding hydrogens is 412 g/mol. The number of rotatable bonds is 6. The van der Waals surface area contributed by atoms with Crippen molar-refractivity contribution in [1.29, 1.82) is 0 Å². The molecule has 33 heavy (non-hydrogen) atoms. The fourth-order valence-electron chi connectivity index (χ4n) is 5.18. The van der Waals surface area contributed by atoms with Crippen molar-refractivity contribution >= 4 is 24.4 Å². The van der Waals surface area contributed by atoms with E-state index in [4.69, 9.17) is 9.47 Å². The fourth-order valence-corrected chi connectivity index (χ4v) is 5.18. The minimum absolute atomic E-state index is 0.232. The first-order chi connectivity index (χ1) is 16.1. The Kier molecular flexibility index (Phi) is 6.17. The summed E-state index contributed by atoms with van der Waals surface area (Å²) >= 11 is 0. The van der Waals surface area contributed by atoms with Crippen LogP contribution in [0.5, 0.6) is 0 Å². The Balaban J connectivity index is 1.37. The number of nitrogens with zero attached hydrogens (tertiary/aromatic N) is 2. The van der Waals surface area contributed by atoms with Crippen LogP contribution in [0, 0.1) is 11.8 Å². The minimum Gasteiger partial charge on any atom is -0.346 e. The number of likely N-dealkylation sites (tertiary alicyclic amines) is 1. The Bertz CT molecular complexity index is 1030. The van der Waals surface area contributed by atoms with Crippen LogP contribution in [0.4, 0.5) is 5.69 Å². The maximum absolute atomic E-state index is 12.5. The molecule has 3 fully saturated rings. The highest BCUT2D eigenvalue weighted by Crippen LogP contribution is 2.44. The first-order valence-corrected chi connectivity index (χ1v) is 12.1. The smallest absolute Gasteiger partial charge is 0.225 e. The molecule has 2 aromatic rings. The lowest BCUT2D eigenvalue weighted by molar-refractivity contribution is -0.309. The van der Waals surface area contributed by atoms with E-state index in [1.165, 1.54) is 0 Å². The molecular formula is C28H32N2O3. The molecule has 0 radical (unpaired) electrons. The zero-order valence-corrected chi connectivity index (χ0v) is 19.2. The third kappa shape index (κ3) is 4.28. The van der Waals surface area contributed by atoms with Gasteiger partial charge in [0, 0.05) is 30.5 Å². The lowest BCUT2D eigenvalue weighted by Gasteiger charge is -2.46. The molecule has 2 heterocycles. The summed E-state index contributed by atoms with van der Waals surface area (Å²) in [6.45, 7) is 10.5. The molecule has 2 saturated heterocycles. The Morgan fingerprint density at radius 3 is 2.27 bits per heavy atom. The molecule has 172 valence electrons. The first-order valence-electron chi connectivity index (χ1n) is 12.1. The summed E-state index contributed by atoms with van der Waals surface area (Å²) < 4.78 is 12.8. The van der Waals surface area contributed by atoms with E-state index in [9.17, 15) is 4.79 Å². The fraction of sp³-hybridized carbons (Fsp3) is 0.429. The topological polar surface area (TPSA) is 51.1 Å². The molecule has 0 bridgehead atoms. The molecule has 0 atom stereocenters. The van der Waals surface area contributed by atoms with Crippen molar-refractivity contribution in [2.75, 3.05) is 26.3 Å². The number of hydrogen-bond donors (Lipinski definition) is 0. The molecule has 5 nitrogen and oxygen atoms in total. The van der Waals surface area contributed by atoms with Gasteiger partial charge >= 0.3 is 0 Å². The second-order valence-corrected chi connectivity index (χ2v) is 9.30. The molecule has 0 spiro atoms. The van der Waals surface area contributed by atoms with Gasteiger partial charge in [0.05, 0.1) is 18.9 Å². The molecule has 1 saturated carbocycles. The van der Waals surface area contributed by atoms with Gasteiger partial charge < -0.3 is 14.4 Å². The van der Waals surface area contributed by atoms with Crippen molar-refractivity contribution in [2.45, 2.75) is 37.9 Å². The van der Waals surface area contributed by atoms with Crippen LogP contribution in [-0.2, 0) is 20.1 Å². The van der Waals surface area contributed by atoms with Crippen molar-refractivity contribution in [3.8, 4) is 11.1 Å². The van der Waals surface area contributed by atoms with Crippen LogP contribution in [0.1, 0.15) is 43.2 Å². The van der Waals surface area contributed by atoms with Gasteiger partial charge in [-0.15, -0.1) is 0 Å². The Morgan fingerprint density at radius 1 is 1.00 bits per heavy atom. The average Bonchev–Trinajstić information content (AvgIpc) is 3.74. The summed E-state index contributed by atoms with van der Waals surface area (Å²) in [6.07, 6.45) is 6.62. The second kappa shape index (κ2) is 9.24. The maximum Gasteiger partial charge on any atom is 0.225 e. The third-order valence-corrected chi connectivity index (χ3v) is 7.23. The number of carbonyl (C=O) groups excluding carboxylic acids is 1. The van der Waals surface area contributed by atoms with Gasteiger partial charge in [-0.05, 0) is 61.6 Å². The van der Waals surface area contributed by atoms with E-state index in [1.807, 2.05) is 17.0 Å². The average molecular weight is 445 g/mol. The van der Waals surface area contributed by atoms with Gasteiger partial charge in [0.2, 0.25) is 5.91 Å². The molecule has 0 aromatic heterocycles. The van der Waals surface area contributed by atoms with Crippen molar-refractivity contribution in [3.63, 3.8) is 0 Å². The minimum atomic E-state index is -0.730. The van der Waals surface area contributed by atoms with Gasteiger partial charge in [0.15, 0.2) is 5.79 Å². The Morgan fingerprint density at radius 2 is 1.67 bits per heavy atom. The summed E-state index contributed by atoms with van der Waals surface area (Å²) in [7, 11) is 0. The Labute approximate surface area is 196 Å². The van der Waals surface area contributed by atoms with E-state index >= 15 is 0 Å². The number of hydrogen-bond acceptors (Lipinski definition) is 4. The van der Waals surface area contributed by atoms with Gasteiger partial charge in [-0.1, -0.05) is 49.1 Å². The maximum atomic E-state index is 12.5. The SMILES string of the molecule is C=Cc1ccc(-c2ccc(C3(C4CCN(C(=O)C5CC5)CC4)OCCCO3)cc2)cc1N=C. The molecule has 0 N–H and O–H groups in total. The standard InChI is InChI=1S/C28H32N2O3/c1-3-20-5-8-23(19-26(20)29-2)21-9-11-24(12-10-21)28(32-17-4-18-33-28)25-13-15-30(16-14-25)27(31)22-6-7-22/h3,5,8-12,19,22,25H,1-2,4,6-7,13-18H2. The first kappa shape index (κ1) is 22.1.